The smallest absolute Gasteiger partial charge is 0.225 e. The van der Waals surface area contributed by atoms with Crippen molar-refractivity contribution in [2.75, 3.05) is 13.1 Å². The first-order valence-corrected chi connectivity index (χ1v) is 9.49. The van der Waals surface area contributed by atoms with E-state index in [0.717, 1.165) is 12.8 Å². The van der Waals surface area contributed by atoms with E-state index in [1.807, 2.05) is 4.90 Å². The van der Waals surface area contributed by atoms with E-state index in [0.29, 0.717) is 31.5 Å². The second-order valence-corrected chi connectivity index (χ2v) is 7.63. The second kappa shape index (κ2) is 7.65. The highest BCUT2D eigenvalue weighted by molar-refractivity contribution is 5.89. The molecule has 0 aromatic heterocycles. The van der Waals surface area contributed by atoms with E-state index in [4.69, 9.17) is 5.73 Å². The standard InChI is InChI=1S/C18H31N3O2/c19-11-16(13-6-2-1-3-7-13)20-18(23)14-10-17(22)21(12-14)15-8-4-5-9-15/h13-16H,1-12,19H2,(H,20,23). The fourth-order valence-corrected chi connectivity index (χ4v) is 4.68. The minimum Gasteiger partial charge on any atom is -0.352 e. The summed E-state index contributed by atoms with van der Waals surface area (Å²) in [6.07, 6.45) is 11.1. The number of carbonyl (C=O) groups is 2. The molecule has 2 aliphatic carbocycles. The molecule has 2 saturated carbocycles. The van der Waals surface area contributed by atoms with Crippen LogP contribution >= 0.6 is 0 Å². The van der Waals surface area contributed by atoms with Gasteiger partial charge in [0.1, 0.15) is 0 Å². The van der Waals surface area contributed by atoms with E-state index in [-0.39, 0.29) is 23.8 Å². The van der Waals surface area contributed by atoms with Gasteiger partial charge in [-0.15, -0.1) is 0 Å². The number of hydrogen-bond donors (Lipinski definition) is 2. The first kappa shape index (κ1) is 16.7. The molecule has 0 radical (unpaired) electrons. The molecular formula is C18H31N3O2. The summed E-state index contributed by atoms with van der Waals surface area (Å²) < 4.78 is 0. The zero-order valence-corrected chi connectivity index (χ0v) is 14.1. The fraction of sp³-hybridized carbons (Fsp3) is 0.889. The molecule has 3 rings (SSSR count). The number of nitrogens with zero attached hydrogens (tertiary/aromatic N) is 1. The number of amides is 2. The third kappa shape index (κ3) is 3.87. The molecule has 1 saturated heterocycles. The van der Waals surface area contributed by atoms with E-state index in [2.05, 4.69) is 5.32 Å². The second-order valence-electron chi connectivity index (χ2n) is 7.63. The lowest BCUT2D eigenvalue weighted by Crippen LogP contribution is -2.48. The van der Waals surface area contributed by atoms with Crippen LogP contribution < -0.4 is 11.1 Å². The Morgan fingerprint density at radius 3 is 2.43 bits per heavy atom. The third-order valence-corrected chi connectivity index (χ3v) is 6.10. The molecular weight excluding hydrogens is 290 g/mol. The summed E-state index contributed by atoms with van der Waals surface area (Å²) in [5, 5.41) is 3.17. The number of nitrogens with two attached hydrogens (primary N) is 1. The summed E-state index contributed by atoms with van der Waals surface area (Å²) in [5.74, 6) is 0.542. The summed E-state index contributed by atoms with van der Waals surface area (Å²) in [6, 6.07) is 0.461. The van der Waals surface area contributed by atoms with Crippen LogP contribution in [0.25, 0.3) is 0 Å². The van der Waals surface area contributed by atoms with Crippen LogP contribution in [0.4, 0.5) is 0 Å². The van der Waals surface area contributed by atoms with Crippen molar-refractivity contribution in [1.29, 1.82) is 0 Å². The van der Waals surface area contributed by atoms with E-state index < -0.39 is 0 Å². The predicted molar refractivity (Wildman–Crippen MR) is 89.6 cm³/mol. The van der Waals surface area contributed by atoms with Crippen molar-refractivity contribution < 1.29 is 9.59 Å². The minimum absolute atomic E-state index is 0.0415. The van der Waals surface area contributed by atoms with Crippen LogP contribution in [-0.2, 0) is 9.59 Å². The molecule has 1 aliphatic heterocycles. The molecule has 1 heterocycles. The van der Waals surface area contributed by atoms with Gasteiger partial charge in [0.2, 0.25) is 11.8 Å². The van der Waals surface area contributed by atoms with Crippen LogP contribution in [0.1, 0.15) is 64.2 Å². The molecule has 0 bridgehead atoms. The van der Waals surface area contributed by atoms with Crippen molar-refractivity contribution in [3.63, 3.8) is 0 Å². The van der Waals surface area contributed by atoms with Gasteiger partial charge in [0, 0.05) is 31.6 Å². The highest BCUT2D eigenvalue weighted by Crippen LogP contribution is 2.30. The molecule has 2 atom stereocenters. The maximum absolute atomic E-state index is 12.6. The Morgan fingerprint density at radius 1 is 1.13 bits per heavy atom. The van der Waals surface area contributed by atoms with Gasteiger partial charge in [-0.25, -0.2) is 0 Å². The van der Waals surface area contributed by atoms with Gasteiger partial charge in [0.15, 0.2) is 0 Å². The minimum atomic E-state index is -0.180. The Labute approximate surface area is 139 Å². The summed E-state index contributed by atoms with van der Waals surface area (Å²) >= 11 is 0. The Hall–Kier alpha value is -1.10. The molecule has 23 heavy (non-hydrogen) atoms. The molecule has 2 unspecified atom stereocenters. The summed E-state index contributed by atoms with van der Waals surface area (Å²) in [4.78, 5) is 26.8. The average molecular weight is 321 g/mol. The lowest BCUT2D eigenvalue weighted by Gasteiger charge is -2.31. The van der Waals surface area contributed by atoms with Gasteiger partial charge in [-0.05, 0) is 31.6 Å². The molecule has 0 aromatic rings. The van der Waals surface area contributed by atoms with Crippen LogP contribution in [0.3, 0.4) is 0 Å². The highest BCUT2D eigenvalue weighted by atomic mass is 16.2. The number of rotatable bonds is 5. The van der Waals surface area contributed by atoms with Crippen molar-refractivity contribution in [1.82, 2.24) is 10.2 Å². The van der Waals surface area contributed by atoms with Gasteiger partial charge in [0.05, 0.1) is 5.92 Å². The Balaban J connectivity index is 1.54. The third-order valence-electron chi connectivity index (χ3n) is 6.10. The van der Waals surface area contributed by atoms with Crippen LogP contribution in [0, 0.1) is 11.8 Å². The van der Waals surface area contributed by atoms with Crippen LogP contribution in [0.15, 0.2) is 0 Å². The van der Waals surface area contributed by atoms with Crippen molar-refractivity contribution in [2.24, 2.45) is 17.6 Å². The van der Waals surface area contributed by atoms with Gasteiger partial charge in [-0.2, -0.15) is 0 Å². The summed E-state index contributed by atoms with van der Waals surface area (Å²) in [7, 11) is 0. The summed E-state index contributed by atoms with van der Waals surface area (Å²) in [5.41, 5.74) is 5.91. The predicted octanol–water partition coefficient (Wildman–Crippen LogP) is 1.80. The molecule has 0 aromatic carbocycles. The van der Waals surface area contributed by atoms with Gasteiger partial charge >= 0.3 is 0 Å². The molecule has 3 N–H and O–H groups in total. The first-order valence-electron chi connectivity index (χ1n) is 9.49. The van der Waals surface area contributed by atoms with Gasteiger partial charge in [-0.3, -0.25) is 9.59 Å². The number of likely N-dealkylation sites (tertiary alicyclic amines) is 1. The van der Waals surface area contributed by atoms with Gasteiger partial charge in [0.25, 0.3) is 0 Å². The number of nitrogens with one attached hydrogen (secondary N) is 1. The molecule has 5 nitrogen and oxygen atoms in total. The van der Waals surface area contributed by atoms with Crippen LogP contribution in [-0.4, -0.2) is 41.9 Å². The van der Waals surface area contributed by atoms with Crippen molar-refractivity contribution in [3.05, 3.63) is 0 Å². The van der Waals surface area contributed by atoms with E-state index in [1.165, 1.54) is 44.9 Å². The molecule has 2 amide bonds. The molecule has 130 valence electrons. The molecule has 3 aliphatic rings. The maximum atomic E-state index is 12.6. The van der Waals surface area contributed by atoms with Crippen molar-refractivity contribution in [3.8, 4) is 0 Å². The van der Waals surface area contributed by atoms with Crippen molar-refractivity contribution in [2.45, 2.75) is 76.3 Å². The lowest BCUT2D eigenvalue weighted by atomic mass is 9.83. The molecule has 0 spiro atoms. The number of hydrogen-bond acceptors (Lipinski definition) is 3. The maximum Gasteiger partial charge on any atom is 0.225 e. The lowest BCUT2D eigenvalue weighted by molar-refractivity contribution is -0.130. The molecule has 3 fully saturated rings. The Bertz CT molecular complexity index is 428. The van der Waals surface area contributed by atoms with Crippen molar-refractivity contribution >= 4 is 11.8 Å². The molecule has 5 heteroatoms. The topological polar surface area (TPSA) is 75.4 Å². The van der Waals surface area contributed by atoms with Gasteiger partial charge < -0.3 is 16.0 Å². The Morgan fingerprint density at radius 2 is 1.78 bits per heavy atom. The van der Waals surface area contributed by atoms with E-state index in [1.54, 1.807) is 0 Å². The zero-order valence-electron chi connectivity index (χ0n) is 14.1. The fourth-order valence-electron chi connectivity index (χ4n) is 4.68. The number of carbonyl (C=O) groups excluding carboxylic acids is 2. The van der Waals surface area contributed by atoms with Gasteiger partial charge in [-0.1, -0.05) is 32.1 Å². The Kier molecular flexibility index (Phi) is 5.57. The van der Waals surface area contributed by atoms with E-state index in [9.17, 15) is 9.59 Å². The summed E-state index contributed by atoms with van der Waals surface area (Å²) in [6.45, 7) is 1.11. The normalized spacial score (nSPS) is 28.3. The first-order chi connectivity index (χ1) is 11.2. The average Bonchev–Trinajstić information content (AvgIpc) is 3.22. The van der Waals surface area contributed by atoms with Crippen LogP contribution in [0.2, 0.25) is 0 Å². The van der Waals surface area contributed by atoms with E-state index >= 15 is 0 Å². The zero-order chi connectivity index (χ0) is 16.2. The highest BCUT2D eigenvalue weighted by Gasteiger charge is 2.39. The van der Waals surface area contributed by atoms with Crippen LogP contribution in [0.5, 0.6) is 0 Å². The largest absolute Gasteiger partial charge is 0.352 e. The SMILES string of the molecule is NCC(NC(=O)C1CC(=O)N(C2CCCC2)C1)C1CCCCC1. The monoisotopic (exact) mass is 321 g/mol. The quantitative estimate of drug-likeness (QED) is 0.811.